The van der Waals surface area contributed by atoms with E-state index < -0.39 is 5.60 Å². The van der Waals surface area contributed by atoms with Crippen molar-refractivity contribution in [3.8, 4) is 0 Å². The van der Waals surface area contributed by atoms with Crippen LogP contribution in [0.15, 0.2) is 0 Å². The van der Waals surface area contributed by atoms with Crippen LogP contribution in [-0.4, -0.2) is 75.2 Å². The molecular weight excluding hydrogens is 262 g/mol. The second kappa shape index (κ2) is 13.7. The third-order valence-corrected chi connectivity index (χ3v) is 2.66. The van der Waals surface area contributed by atoms with Crippen molar-refractivity contribution in [3.05, 3.63) is 0 Å². The van der Waals surface area contributed by atoms with E-state index in [1.165, 1.54) is 0 Å². The summed E-state index contributed by atoms with van der Waals surface area (Å²) in [6, 6.07) is 0. The molecule has 0 saturated heterocycles. The summed E-state index contributed by atoms with van der Waals surface area (Å²) in [6.45, 7) is 8.15. The molecule has 3 N–H and O–H groups in total. The monoisotopic (exact) mass is 293 g/mol. The van der Waals surface area contributed by atoms with E-state index in [0.717, 1.165) is 19.4 Å². The summed E-state index contributed by atoms with van der Waals surface area (Å²) in [6.07, 6.45) is 2.25. The lowest BCUT2D eigenvalue weighted by Gasteiger charge is -2.20. The predicted octanol–water partition coefficient (Wildman–Crippen LogP) is 0.169. The molecule has 6 nitrogen and oxygen atoms in total. The first-order valence-corrected chi connectivity index (χ1v) is 7.39. The van der Waals surface area contributed by atoms with Crippen molar-refractivity contribution >= 4 is 0 Å². The number of rotatable bonds is 15. The second-order valence-electron chi connectivity index (χ2n) is 5.02. The molecule has 6 heteroatoms. The minimum atomic E-state index is -1.07. The lowest BCUT2D eigenvalue weighted by atomic mass is 10.1. The second-order valence-corrected chi connectivity index (χ2v) is 5.02. The van der Waals surface area contributed by atoms with Gasteiger partial charge in [-0.3, -0.25) is 0 Å². The maximum absolute atomic E-state index is 9.52. The first kappa shape index (κ1) is 19.8. The number of hydrogen-bond acceptors (Lipinski definition) is 6. The van der Waals surface area contributed by atoms with Crippen molar-refractivity contribution in [1.29, 1.82) is 0 Å². The van der Waals surface area contributed by atoms with Gasteiger partial charge < -0.3 is 29.7 Å². The molecule has 1 atom stereocenters. The van der Waals surface area contributed by atoms with E-state index >= 15 is 0 Å². The van der Waals surface area contributed by atoms with Gasteiger partial charge in [-0.05, 0) is 13.3 Å². The first-order valence-electron chi connectivity index (χ1n) is 7.39. The number of aliphatic hydroxyl groups excluding tert-OH is 1. The van der Waals surface area contributed by atoms with Crippen LogP contribution in [0.3, 0.4) is 0 Å². The summed E-state index contributed by atoms with van der Waals surface area (Å²) >= 11 is 0. The zero-order valence-electron chi connectivity index (χ0n) is 12.9. The molecule has 0 aromatic rings. The lowest BCUT2D eigenvalue weighted by Crippen LogP contribution is -2.41. The topological polar surface area (TPSA) is 80.2 Å². The summed E-state index contributed by atoms with van der Waals surface area (Å²) in [7, 11) is 0. The van der Waals surface area contributed by atoms with Crippen molar-refractivity contribution < 1.29 is 24.4 Å². The highest BCUT2D eigenvalue weighted by Gasteiger charge is 2.17. The Morgan fingerprint density at radius 3 is 2.05 bits per heavy atom. The van der Waals surface area contributed by atoms with Crippen molar-refractivity contribution in [1.82, 2.24) is 5.32 Å². The molecule has 0 aromatic heterocycles. The average Bonchev–Trinajstić information content (AvgIpc) is 2.44. The SMILES string of the molecule is CCCCOCCOCCOCCNCC(C)(O)CO. The van der Waals surface area contributed by atoms with Crippen LogP contribution in [0.1, 0.15) is 26.7 Å². The Kier molecular flexibility index (Phi) is 13.6. The molecule has 0 aliphatic carbocycles. The zero-order valence-corrected chi connectivity index (χ0v) is 12.9. The predicted molar refractivity (Wildman–Crippen MR) is 77.9 cm³/mol. The molecule has 0 bridgehead atoms. The molecule has 0 heterocycles. The van der Waals surface area contributed by atoms with Crippen LogP contribution >= 0.6 is 0 Å². The van der Waals surface area contributed by atoms with E-state index in [9.17, 15) is 5.11 Å². The fourth-order valence-corrected chi connectivity index (χ4v) is 1.35. The summed E-state index contributed by atoms with van der Waals surface area (Å²) in [5.41, 5.74) is -1.07. The summed E-state index contributed by atoms with van der Waals surface area (Å²) in [5, 5.41) is 21.4. The van der Waals surface area contributed by atoms with Crippen LogP contribution < -0.4 is 5.32 Å². The maximum atomic E-state index is 9.52. The number of unbranched alkanes of at least 4 members (excludes halogenated alkanes) is 1. The molecule has 0 aromatic carbocycles. The van der Waals surface area contributed by atoms with Gasteiger partial charge in [0.2, 0.25) is 0 Å². The van der Waals surface area contributed by atoms with Crippen LogP contribution in [0, 0.1) is 0 Å². The van der Waals surface area contributed by atoms with Crippen molar-refractivity contribution in [2.24, 2.45) is 0 Å². The van der Waals surface area contributed by atoms with Crippen LogP contribution in [0.2, 0.25) is 0 Å². The quantitative estimate of drug-likeness (QED) is 0.374. The molecule has 1 unspecified atom stereocenters. The van der Waals surface area contributed by atoms with Gasteiger partial charge in [-0.2, -0.15) is 0 Å². The number of ether oxygens (including phenoxy) is 3. The van der Waals surface area contributed by atoms with E-state index in [1.807, 2.05) is 0 Å². The largest absolute Gasteiger partial charge is 0.393 e. The van der Waals surface area contributed by atoms with Crippen LogP contribution in [-0.2, 0) is 14.2 Å². The smallest absolute Gasteiger partial charge is 0.0972 e. The van der Waals surface area contributed by atoms with Gasteiger partial charge >= 0.3 is 0 Å². The highest BCUT2D eigenvalue weighted by Crippen LogP contribution is 1.97. The third kappa shape index (κ3) is 14.2. The third-order valence-electron chi connectivity index (χ3n) is 2.66. The fraction of sp³-hybridized carbons (Fsp3) is 1.00. The highest BCUT2D eigenvalue weighted by atomic mass is 16.5. The molecule has 0 saturated carbocycles. The van der Waals surface area contributed by atoms with Gasteiger partial charge in [0.25, 0.3) is 0 Å². The van der Waals surface area contributed by atoms with Gasteiger partial charge in [-0.1, -0.05) is 13.3 Å². The van der Waals surface area contributed by atoms with Crippen molar-refractivity contribution in [2.45, 2.75) is 32.3 Å². The lowest BCUT2D eigenvalue weighted by molar-refractivity contribution is -0.00147. The minimum Gasteiger partial charge on any atom is -0.393 e. The number of nitrogens with one attached hydrogen (secondary N) is 1. The Labute approximate surface area is 122 Å². The van der Waals surface area contributed by atoms with Crippen LogP contribution in [0.25, 0.3) is 0 Å². The Morgan fingerprint density at radius 2 is 1.50 bits per heavy atom. The fourth-order valence-electron chi connectivity index (χ4n) is 1.35. The molecule has 0 spiro atoms. The van der Waals surface area contributed by atoms with Gasteiger partial charge in [-0.15, -0.1) is 0 Å². The molecule has 122 valence electrons. The summed E-state index contributed by atoms with van der Waals surface area (Å²) in [5.74, 6) is 0. The van der Waals surface area contributed by atoms with Crippen LogP contribution in [0.4, 0.5) is 0 Å². The van der Waals surface area contributed by atoms with Gasteiger partial charge in [-0.25, -0.2) is 0 Å². The van der Waals surface area contributed by atoms with Crippen LogP contribution in [0.5, 0.6) is 0 Å². The molecular formula is C14H31NO5. The van der Waals surface area contributed by atoms with E-state index in [4.69, 9.17) is 19.3 Å². The minimum absolute atomic E-state index is 0.255. The first-order chi connectivity index (χ1) is 9.62. The molecule has 0 aliphatic rings. The Hall–Kier alpha value is -0.240. The molecule has 0 rings (SSSR count). The summed E-state index contributed by atoms with van der Waals surface area (Å²) < 4.78 is 16.1. The molecule has 0 aliphatic heterocycles. The Morgan fingerprint density at radius 1 is 0.950 bits per heavy atom. The van der Waals surface area contributed by atoms with Gasteiger partial charge in [0.1, 0.15) is 0 Å². The van der Waals surface area contributed by atoms with E-state index in [-0.39, 0.29) is 6.61 Å². The Bertz CT molecular complexity index is 202. The molecule has 0 fully saturated rings. The average molecular weight is 293 g/mol. The van der Waals surface area contributed by atoms with E-state index in [1.54, 1.807) is 6.92 Å². The van der Waals surface area contributed by atoms with Gasteiger partial charge in [0, 0.05) is 19.7 Å². The van der Waals surface area contributed by atoms with Crippen molar-refractivity contribution in [2.75, 3.05) is 59.3 Å². The maximum Gasteiger partial charge on any atom is 0.0972 e. The van der Waals surface area contributed by atoms with Crippen molar-refractivity contribution in [3.63, 3.8) is 0 Å². The normalized spacial score (nSPS) is 14.4. The number of aliphatic hydroxyl groups is 2. The highest BCUT2D eigenvalue weighted by molar-refractivity contribution is 4.73. The van der Waals surface area contributed by atoms with E-state index in [0.29, 0.717) is 46.1 Å². The summed E-state index contributed by atoms with van der Waals surface area (Å²) in [4.78, 5) is 0. The molecule has 20 heavy (non-hydrogen) atoms. The standard InChI is InChI=1S/C14H31NO5/c1-3-4-6-18-8-10-20-11-9-19-7-5-15-12-14(2,17)13-16/h15-17H,3-13H2,1-2H3. The molecule has 0 amide bonds. The number of hydrogen-bond donors (Lipinski definition) is 3. The Balaban J connectivity index is 3.06. The van der Waals surface area contributed by atoms with Gasteiger partial charge in [0.15, 0.2) is 0 Å². The zero-order chi connectivity index (χ0) is 15.1. The van der Waals surface area contributed by atoms with Gasteiger partial charge in [0.05, 0.1) is 45.2 Å². The molecule has 0 radical (unpaired) electrons. The van der Waals surface area contributed by atoms with E-state index in [2.05, 4.69) is 12.2 Å².